The largest absolute Gasteiger partial charge is 0.444 e. The van der Waals surface area contributed by atoms with E-state index in [9.17, 15) is 18.8 Å². The number of imide groups is 1. The highest BCUT2D eigenvalue weighted by Crippen LogP contribution is 2.31. The van der Waals surface area contributed by atoms with Crippen LogP contribution in [0.5, 0.6) is 0 Å². The van der Waals surface area contributed by atoms with Crippen LogP contribution in [0.25, 0.3) is 0 Å². The molecule has 2 heterocycles. The van der Waals surface area contributed by atoms with E-state index in [4.69, 9.17) is 4.74 Å². The quantitative estimate of drug-likeness (QED) is 0.532. The van der Waals surface area contributed by atoms with Crippen molar-refractivity contribution < 1.29 is 23.5 Å². The molecule has 0 unspecified atom stereocenters. The van der Waals surface area contributed by atoms with Crippen molar-refractivity contribution in [3.8, 4) is 0 Å². The summed E-state index contributed by atoms with van der Waals surface area (Å²) in [5, 5.41) is 8.87. The van der Waals surface area contributed by atoms with Crippen LogP contribution in [0.4, 0.5) is 14.9 Å². The first-order chi connectivity index (χ1) is 16.6. The van der Waals surface area contributed by atoms with Gasteiger partial charge in [0.1, 0.15) is 11.4 Å². The summed E-state index contributed by atoms with van der Waals surface area (Å²) in [4.78, 5) is 37.4. The first-order valence-electron chi connectivity index (χ1n) is 12.7. The lowest BCUT2D eigenvalue weighted by Crippen LogP contribution is -2.54. The smallest absolute Gasteiger partial charge is 0.407 e. The topological polar surface area (TPSA) is 99.8 Å². The molecule has 8 nitrogen and oxygen atoms in total. The third kappa shape index (κ3) is 6.72. The SMILES string of the molecule is CC(C)(C)OC(=O)NC1CC(NCC2CCN(c3ccc([C@H]4CCC(=O)NC4=O)cc3F)CC2)C1. The Kier molecular flexibility index (Phi) is 7.64. The van der Waals surface area contributed by atoms with E-state index in [1.807, 2.05) is 26.8 Å². The highest BCUT2D eigenvalue weighted by Gasteiger charge is 2.33. The maximum atomic E-state index is 14.9. The number of ether oxygens (including phenoxy) is 1. The molecule has 3 aliphatic rings. The molecule has 1 atom stereocenters. The van der Waals surface area contributed by atoms with Crippen molar-refractivity contribution in [3.05, 3.63) is 29.6 Å². The highest BCUT2D eigenvalue weighted by molar-refractivity contribution is 6.00. The zero-order chi connectivity index (χ0) is 25.2. The minimum absolute atomic E-state index is 0.162. The Hall–Kier alpha value is -2.68. The maximum Gasteiger partial charge on any atom is 0.407 e. The molecule has 35 heavy (non-hydrogen) atoms. The minimum Gasteiger partial charge on any atom is -0.444 e. The summed E-state index contributed by atoms with van der Waals surface area (Å²) >= 11 is 0. The molecule has 3 N–H and O–H groups in total. The minimum atomic E-state index is -0.487. The molecule has 1 aromatic carbocycles. The molecular weight excluding hydrogens is 451 g/mol. The van der Waals surface area contributed by atoms with Crippen LogP contribution >= 0.6 is 0 Å². The standard InChI is InChI=1S/C26H37FN4O4/c1-26(2,3)35-25(34)29-19-13-18(14-19)28-15-16-8-10-31(11-9-16)22-6-4-17(12-21(22)27)20-5-7-23(32)30-24(20)33/h4,6,12,16,18-20,28H,5,7-11,13-15H2,1-3H3,(H,29,34)(H,30,32,33)/t18?,19?,20-/m1/s1. The summed E-state index contributed by atoms with van der Waals surface area (Å²) in [7, 11) is 0. The number of hydrogen-bond acceptors (Lipinski definition) is 6. The van der Waals surface area contributed by atoms with E-state index >= 15 is 0 Å². The fraction of sp³-hybridized carbons (Fsp3) is 0.654. The van der Waals surface area contributed by atoms with Crippen LogP contribution in [0, 0.1) is 11.7 Å². The molecule has 1 saturated carbocycles. The van der Waals surface area contributed by atoms with Gasteiger partial charge in [0.05, 0.1) is 11.6 Å². The summed E-state index contributed by atoms with van der Waals surface area (Å²) in [6.45, 7) is 8.06. The average Bonchev–Trinajstić information content (AvgIpc) is 2.74. The lowest BCUT2D eigenvalue weighted by molar-refractivity contribution is -0.134. The van der Waals surface area contributed by atoms with Crippen molar-refractivity contribution in [1.29, 1.82) is 0 Å². The van der Waals surface area contributed by atoms with E-state index < -0.39 is 11.5 Å². The van der Waals surface area contributed by atoms with Gasteiger partial charge in [0.25, 0.3) is 0 Å². The maximum absolute atomic E-state index is 14.9. The number of rotatable bonds is 6. The number of anilines is 1. The lowest BCUT2D eigenvalue weighted by atomic mass is 9.86. The van der Waals surface area contributed by atoms with Crippen LogP contribution in [0.15, 0.2) is 18.2 Å². The second-order valence-electron chi connectivity index (χ2n) is 11.1. The first-order valence-corrected chi connectivity index (χ1v) is 12.7. The number of carbonyl (C=O) groups is 3. The van der Waals surface area contributed by atoms with E-state index in [0.717, 1.165) is 45.3 Å². The molecule has 2 aliphatic heterocycles. The third-order valence-corrected chi connectivity index (χ3v) is 7.12. The fourth-order valence-corrected chi connectivity index (χ4v) is 5.10. The highest BCUT2D eigenvalue weighted by atomic mass is 19.1. The van der Waals surface area contributed by atoms with E-state index in [-0.39, 0.29) is 36.2 Å². The molecule has 2 saturated heterocycles. The molecular formula is C26H37FN4O4. The molecule has 0 radical (unpaired) electrons. The Bertz CT molecular complexity index is 949. The van der Waals surface area contributed by atoms with Crippen LogP contribution in [0.1, 0.15) is 70.8 Å². The number of halogens is 1. The van der Waals surface area contributed by atoms with E-state index in [1.165, 1.54) is 6.07 Å². The van der Waals surface area contributed by atoms with Gasteiger partial charge in [-0.3, -0.25) is 14.9 Å². The van der Waals surface area contributed by atoms with Gasteiger partial charge in [0.2, 0.25) is 11.8 Å². The van der Waals surface area contributed by atoms with E-state index in [2.05, 4.69) is 20.9 Å². The Morgan fingerprint density at radius 2 is 1.86 bits per heavy atom. The normalized spacial score (nSPS) is 25.6. The van der Waals surface area contributed by atoms with Gasteiger partial charge >= 0.3 is 6.09 Å². The summed E-state index contributed by atoms with van der Waals surface area (Å²) in [5.41, 5.74) is 0.705. The number of piperidine rings is 2. The monoisotopic (exact) mass is 488 g/mol. The number of hydrogen-bond donors (Lipinski definition) is 3. The van der Waals surface area contributed by atoms with Gasteiger partial charge in [-0.25, -0.2) is 9.18 Å². The Labute approximate surface area is 206 Å². The molecule has 9 heteroatoms. The van der Waals surface area contributed by atoms with Crippen LogP contribution in [0.3, 0.4) is 0 Å². The molecule has 192 valence electrons. The van der Waals surface area contributed by atoms with Crippen molar-refractivity contribution >= 4 is 23.6 Å². The third-order valence-electron chi connectivity index (χ3n) is 7.12. The zero-order valence-corrected chi connectivity index (χ0v) is 20.9. The lowest BCUT2D eigenvalue weighted by Gasteiger charge is -2.39. The molecule has 3 fully saturated rings. The summed E-state index contributed by atoms with van der Waals surface area (Å²) in [6.07, 6.45) is 4.11. The molecule has 0 aromatic heterocycles. The van der Waals surface area contributed by atoms with Crippen molar-refractivity contribution in [2.75, 3.05) is 24.5 Å². The molecule has 1 aliphatic carbocycles. The first kappa shape index (κ1) is 25.4. The number of alkyl carbamates (subject to hydrolysis) is 1. The van der Waals surface area contributed by atoms with Gasteiger partial charge in [-0.05, 0) is 83.0 Å². The number of benzene rings is 1. The van der Waals surface area contributed by atoms with Gasteiger partial charge in [0.15, 0.2) is 0 Å². The second kappa shape index (κ2) is 10.5. The van der Waals surface area contributed by atoms with E-state index in [1.54, 1.807) is 6.07 Å². The van der Waals surface area contributed by atoms with Crippen LogP contribution in [-0.4, -0.2) is 55.2 Å². The Balaban J connectivity index is 1.18. The summed E-state index contributed by atoms with van der Waals surface area (Å²) in [5.74, 6) is -0.870. The molecule has 0 spiro atoms. The van der Waals surface area contributed by atoms with Gasteiger partial charge in [-0.1, -0.05) is 6.07 Å². The van der Waals surface area contributed by atoms with Crippen molar-refractivity contribution in [2.45, 2.75) is 82.9 Å². The Morgan fingerprint density at radius 3 is 2.49 bits per heavy atom. The molecule has 0 bridgehead atoms. The molecule has 3 amide bonds. The van der Waals surface area contributed by atoms with Gasteiger partial charge < -0.3 is 20.3 Å². The second-order valence-corrected chi connectivity index (χ2v) is 11.1. The fourth-order valence-electron chi connectivity index (χ4n) is 5.10. The van der Waals surface area contributed by atoms with Crippen molar-refractivity contribution in [2.24, 2.45) is 5.92 Å². The Morgan fingerprint density at radius 1 is 1.14 bits per heavy atom. The van der Waals surface area contributed by atoms with Gasteiger partial charge in [0, 0.05) is 31.6 Å². The zero-order valence-electron chi connectivity index (χ0n) is 20.9. The predicted octanol–water partition coefficient (Wildman–Crippen LogP) is 3.21. The number of amides is 3. The van der Waals surface area contributed by atoms with Crippen LogP contribution in [0.2, 0.25) is 0 Å². The van der Waals surface area contributed by atoms with Gasteiger partial charge in [-0.15, -0.1) is 0 Å². The van der Waals surface area contributed by atoms with E-state index in [0.29, 0.717) is 29.6 Å². The van der Waals surface area contributed by atoms with Crippen LogP contribution in [-0.2, 0) is 14.3 Å². The van der Waals surface area contributed by atoms with Crippen molar-refractivity contribution in [3.63, 3.8) is 0 Å². The van der Waals surface area contributed by atoms with Crippen molar-refractivity contribution in [1.82, 2.24) is 16.0 Å². The predicted molar refractivity (Wildman–Crippen MR) is 131 cm³/mol. The van der Waals surface area contributed by atoms with Gasteiger partial charge in [-0.2, -0.15) is 0 Å². The molecule has 4 rings (SSSR count). The summed E-state index contributed by atoms with van der Waals surface area (Å²) in [6, 6.07) is 5.59. The average molecular weight is 489 g/mol. The number of nitrogens with one attached hydrogen (secondary N) is 3. The van der Waals surface area contributed by atoms with Crippen LogP contribution < -0.4 is 20.9 Å². The number of nitrogens with zero attached hydrogens (tertiary/aromatic N) is 1. The number of carbonyl (C=O) groups excluding carboxylic acids is 3. The summed E-state index contributed by atoms with van der Waals surface area (Å²) < 4.78 is 20.2. The molecule has 1 aromatic rings.